The average Bonchev–Trinajstić information content (AvgIpc) is 1.64. The van der Waals surface area contributed by atoms with Crippen molar-refractivity contribution in [3.05, 3.63) is 35.6 Å². The van der Waals surface area contributed by atoms with Crippen LogP contribution in [0.25, 0.3) is 0 Å². The molecule has 0 amide bonds. The minimum Gasteiger partial charge on any atom is -0.412 e. The first kappa shape index (κ1) is 8.11. The Bertz CT molecular complexity index is 169. The third kappa shape index (κ3) is 2.24. The highest BCUT2D eigenvalue weighted by Crippen LogP contribution is 1.99. The SMILES string of the molecule is Cc1cccc(F)c1.O. The molecule has 0 bridgehead atoms. The van der Waals surface area contributed by atoms with E-state index in [0.717, 1.165) is 5.56 Å². The van der Waals surface area contributed by atoms with Crippen molar-refractivity contribution in [2.24, 2.45) is 0 Å². The van der Waals surface area contributed by atoms with Crippen molar-refractivity contribution in [2.75, 3.05) is 0 Å². The van der Waals surface area contributed by atoms with Crippen LogP contribution in [0.5, 0.6) is 0 Å². The third-order valence-electron chi connectivity index (χ3n) is 0.980. The first-order valence-electron chi connectivity index (χ1n) is 2.51. The van der Waals surface area contributed by atoms with E-state index in [2.05, 4.69) is 0 Å². The van der Waals surface area contributed by atoms with Crippen LogP contribution in [0.2, 0.25) is 0 Å². The van der Waals surface area contributed by atoms with E-state index >= 15 is 0 Å². The minimum atomic E-state index is -0.162. The first-order chi connectivity index (χ1) is 3.79. The molecule has 2 N–H and O–H groups in total. The van der Waals surface area contributed by atoms with Gasteiger partial charge in [-0.2, -0.15) is 0 Å². The molecule has 50 valence electrons. The van der Waals surface area contributed by atoms with Crippen LogP contribution in [-0.2, 0) is 0 Å². The maximum absolute atomic E-state index is 12.2. The van der Waals surface area contributed by atoms with E-state index in [-0.39, 0.29) is 11.3 Å². The highest BCUT2D eigenvalue weighted by molar-refractivity contribution is 5.13. The Morgan fingerprint density at radius 2 is 2.00 bits per heavy atom. The van der Waals surface area contributed by atoms with Gasteiger partial charge < -0.3 is 5.48 Å². The molecule has 1 aromatic carbocycles. The second kappa shape index (κ2) is 3.20. The molecule has 0 aromatic heterocycles. The van der Waals surface area contributed by atoms with Crippen LogP contribution in [0, 0.1) is 12.7 Å². The Balaban J connectivity index is 0.000000640. The molecule has 0 fully saturated rings. The standard InChI is InChI=1S/C7H7F.H2O/c1-6-3-2-4-7(8)5-6;/h2-5H,1H3;1H2. The second-order valence-electron chi connectivity index (χ2n) is 1.80. The Kier molecular flexibility index (Phi) is 2.88. The number of halogens is 1. The van der Waals surface area contributed by atoms with Gasteiger partial charge in [0.25, 0.3) is 0 Å². The summed E-state index contributed by atoms with van der Waals surface area (Å²) in [5.41, 5.74) is 0.963. The van der Waals surface area contributed by atoms with Crippen molar-refractivity contribution in [2.45, 2.75) is 6.92 Å². The molecule has 0 unspecified atom stereocenters. The number of hydrogen-bond donors (Lipinski definition) is 0. The van der Waals surface area contributed by atoms with E-state index in [0.29, 0.717) is 0 Å². The zero-order chi connectivity index (χ0) is 5.98. The number of aryl methyl sites for hydroxylation is 1. The summed E-state index contributed by atoms with van der Waals surface area (Å²) in [5, 5.41) is 0. The molecular weight excluding hydrogens is 119 g/mol. The number of rotatable bonds is 0. The zero-order valence-electron chi connectivity index (χ0n) is 5.19. The van der Waals surface area contributed by atoms with E-state index < -0.39 is 0 Å². The quantitative estimate of drug-likeness (QED) is 0.504. The van der Waals surface area contributed by atoms with E-state index in [1.165, 1.54) is 12.1 Å². The van der Waals surface area contributed by atoms with Gasteiger partial charge in [-0.1, -0.05) is 12.1 Å². The van der Waals surface area contributed by atoms with Gasteiger partial charge >= 0.3 is 0 Å². The largest absolute Gasteiger partial charge is 0.412 e. The minimum absolute atomic E-state index is 0. The summed E-state index contributed by atoms with van der Waals surface area (Å²) in [6, 6.07) is 6.50. The van der Waals surface area contributed by atoms with E-state index in [1.807, 2.05) is 13.0 Å². The third-order valence-corrected chi connectivity index (χ3v) is 0.980. The van der Waals surface area contributed by atoms with Crippen LogP contribution in [0.4, 0.5) is 4.39 Å². The molecule has 1 rings (SSSR count). The lowest BCUT2D eigenvalue weighted by atomic mass is 10.2. The predicted octanol–water partition coefficient (Wildman–Crippen LogP) is 1.31. The van der Waals surface area contributed by atoms with E-state index in [4.69, 9.17) is 0 Å². The van der Waals surface area contributed by atoms with Crippen LogP contribution in [-0.4, -0.2) is 5.48 Å². The summed E-state index contributed by atoms with van der Waals surface area (Å²) >= 11 is 0. The second-order valence-corrected chi connectivity index (χ2v) is 1.80. The van der Waals surface area contributed by atoms with Crippen molar-refractivity contribution in [1.82, 2.24) is 0 Å². The predicted molar refractivity (Wildman–Crippen MR) is 34.8 cm³/mol. The molecule has 0 heterocycles. The van der Waals surface area contributed by atoms with Gasteiger partial charge in [-0.25, -0.2) is 4.39 Å². The van der Waals surface area contributed by atoms with Gasteiger partial charge in [0.1, 0.15) is 5.82 Å². The van der Waals surface area contributed by atoms with Gasteiger partial charge in [0.15, 0.2) is 0 Å². The van der Waals surface area contributed by atoms with E-state index in [9.17, 15) is 4.39 Å². The molecule has 0 radical (unpaired) electrons. The fourth-order valence-corrected chi connectivity index (χ4v) is 0.606. The summed E-state index contributed by atoms with van der Waals surface area (Å²) in [5.74, 6) is -0.162. The molecule has 0 aliphatic rings. The molecule has 0 saturated heterocycles. The Labute approximate surface area is 53.4 Å². The summed E-state index contributed by atoms with van der Waals surface area (Å²) < 4.78 is 12.2. The van der Waals surface area contributed by atoms with Crippen molar-refractivity contribution in [3.8, 4) is 0 Å². The molecule has 0 spiro atoms. The van der Waals surface area contributed by atoms with Crippen molar-refractivity contribution in [1.29, 1.82) is 0 Å². The maximum atomic E-state index is 12.2. The zero-order valence-corrected chi connectivity index (χ0v) is 5.19. The van der Waals surface area contributed by atoms with Gasteiger partial charge in [0.2, 0.25) is 0 Å². The summed E-state index contributed by atoms with van der Waals surface area (Å²) in [6.45, 7) is 1.86. The highest BCUT2D eigenvalue weighted by Gasteiger charge is 1.84. The fourth-order valence-electron chi connectivity index (χ4n) is 0.606. The van der Waals surface area contributed by atoms with Gasteiger partial charge in [-0.3, -0.25) is 0 Å². The first-order valence-corrected chi connectivity index (χ1v) is 2.51. The Hall–Kier alpha value is -0.890. The number of hydrogen-bond acceptors (Lipinski definition) is 0. The smallest absolute Gasteiger partial charge is 0.123 e. The van der Waals surface area contributed by atoms with Gasteiger partial charge in [-0.05, 0) is 24.6 Å². The summed E-state index contributed by atoms with van der Waals surface area (Å²) in [6.07, 6.45) is 0. The molecule has 1 aromatic rings. The topological polar surface area (TPSA) is 31.5 Å². The van der Waals surface area contributed by atoms with Crippen molar-refractivity contribution >= 4 is 0 Å². The van der Waals surface area contributed by atoms with Crippen LogP contribution >= 0.6 is 0 Å². The van der Waals surface area contributed by atoms with Crippen LogP contribution < -0.4 is 0 Å². The highest BCUT2D eigenvalue weighted by atomic mass is 19.1. The Morgan fingerprint density at radius 3 is 2.33 bits per heavy atom. The lowest BCUT2D eigenvalue weighted by molar-refractivity contribution is 0.626. The summed E-state index contributed by atoms with van der Waals surface area (Å²) in [4.78, 5) is 0. The van der Waals surface area contributed by atoms with Crippen molar-refractivity contribution < 1.29 is 9.87 Å². The maximum Gasteiger partial charge on any atom is 0.123 e. The normalized spacial score (nSPS) is 8.22. The van der Waals surface area contributed by atoms with Gasteiger partial charge in [0, 0.05) is 0 Å². The molecular formula is C7H9FO. The van der Waals surface area contributed by atoms with Gasteiger partial charge in [-0.15, -0.1) is 0 Å². The van der Waals surface area contributed by atoms with Crippen LogP contribution in [0.15, 0.2) is 24.3 Å². The molecule has 0 aliphatic carbocycles. The molecule has 0 saturated carbocycles. The monoisotopic (exact) mass is 128 g/mol. The number of benzene rings is 1. The lowest BCUT2D eigenvalue weighted by Crippen LogP contribution is -1.72. The summed E-state index contributed by atoms with van der Waals surface area (Å²) in [7, 11) is 0. The molecule has 1 nitrogen and oxygen atoms in total. The van der Waals surface area contributed by atoms with Crippen molar-refractivity contribution in [3.63, 3.8) is 0 Å². The van der Waals surface area contributed by atoms with Crippen LogP contribution in [0.3, 0.4) is 0 Å². The molecule has 2 heteroatoms. The Morgan fingerprint density at radius 1 is 1.33 bits per heavy atom. The van der Waals surface area contributed by atoms with Crippen LogP contribution in [0.1, 0.15) is 5.56 Å². The average molecular weight is 128 g/mol. The lowest BCUT2D eigenvalue weighted by Gasteiger charge is -1.87. The molecule has 0 atom stereocenters. The van der Waals surface area contributed by atoms with E-state index in [1.54, 1.807) is 6.07 Å². The molecule has 9 heavy (non-hydrogen) atoms. The molecule has 0 aliphatic heterocycles. The fraction of sp³-hybridized carbons (Fsp3) is 0.143. The van der Waals surface area contributed by atoms with Gasteiger partial charge in [0.05, 0.1) is 0 Å².